The van der Waals surface area contributed by atoms with Crippen LogP contribution in [0.5, 0.6) is 0 Å². The Morgan fingerprint density at radius 1 is 0.281 bits per heavy atom. The number of halogens is 1. The first-order valence-electron chi connectivity index (χ1n) is 19.4. The van der Waals surface area contributed by atoms with Crippen molar-refractivity contribution in [3.05, 3.63) is 218 Å². The highest BCUT2D eigenvalue weighted by Crippen LogP contribution is 2.44. The Kier molecular flexibility index (Phi) is 11.2. The second-order valence-corrected chi connectivity index (χ2v) is 13.9. The van der Waals surface area contributed by atoms with Crippen LogP contribution in [0.3, 0.4) is 0 Å². The molecule has 0 saturated heterocycles. The molecule has 0 aliphatic carbocycles. The highest BCUT2D eigenvalue weighted by Gasteiger charge is 2.18. The smallest absolute Gasteiger partial charge is 0.0702 e. The Hall–Kier alpha value is -6.87. The molecule has 0 bridgehead atoms. The molecule has 0 saturated carbocycles. The predicted molar refractivity (Wildman–Crippen MR) is 242 cm³/mol. The third-order valence-electron chi connectivity index (χ3n) is 10.1. The maximum atomic E-state index is 7.06. The summed E-state index contributed by atoms with van der Waals surface area (Å²) in [6, 6.07) is 70.2. The van der Waals surface area contributed by atoms with Crippen molar-refractivity contribution in [3.63, 3.8) is 0 Å². The first-order valence-corrected chi connectivity index (χ1v) is 19.8. The normalized spacial score (nSPS) is 10.7. The zero-order valence-electron chi connectivity index (χ0n) is 32.0. The lowest BCUT2D eigenvalue weighted by Crippen LogP contribution is -1.93. The average molecular weight is 753 g/mol. The molecule has 9 rings (SSSR count). The zero-order chi connectivity index (χ0) is 39.0. The van der Waals surface area contributed by atoms with Gasteiger partial charge >= 0.3 is 0 Å². The van der Waals surface area contributed by atoms with E-state index in [1.54, 1.807) is 0 Å². The van der Waals surface area contributed by atoms with Crippen molar-refractivity contribution in [1.29, 1.82) is 0 Å². The Labute approximate surface area is 340 Å². The molecular formula is C54H41ClN2. The fraction of sp³-hybridized carbons (Fsp3) is 0.0370. The molecular weight excluding hydrogens is 712 g/mol. The topological polar surface area (TPSA) is 25.8 Å². The number of nitrogens with zero attached hydrogens (tertiary/aromatic N) is 2. The molecule has 3 heteroatoms. The fourth-order valence-electron chi connectivity index (χ4n) is 7.50. The molecule has 0 spiro atoms. The lowest BCUT2D eigenvalue weighted by atomic mass is 9.86. The number of benzene rings is 7. The van der Waals surface area contributed by atoms with Gasteiger partial charge in [0.05, 0.1) is 11.4 Å². The van der Waals surface area contributed by atoms with E-state index in [1.807, 2.05) is 50.5 Å². The molecule has 0 radical (unpaired) electrons. The van der Waals surface area contributed by atoms with Crippen LogP contribution in [0.25, 0.3) is 89.3 Å². The Morgan fingerprint density at radius 2 is 0.649 bits per heavy atom. The SMILES string of the molecule is CC.Clc1cc(-c2ccccc2-c2ccc(-c3ccccn3)cc2-c2ccccc2)cc(-c2ccccc2-c2ccc(-c3ccccn3)cc2-c2ccccc2)c1. The molecule has 2 nitrogen and oxygen atoms in total. The maximum Gasteiger partial charge on any atom is 0.0702 e. The molecule has 0 amide bonds. The predicted octanol–water partition coefficient (Wildman–Crippen LogP) is 15.5. The third-order valence-corrected chi connectivity index (χ3v) is 10.3. The van der Waals surface area contributed by atoms with Crippen LogP contribution in [0.2, 0.25) is 5.02 Å². The van der Waals surface area contributed by atoms with Crippen LogP contribution in [0.4, 0.5) is 0 Å². The molecule has 9 aromatic rings. The molecule has 0 fully saturated rings. The van der Waals surface area contributed by atoms with Gasteiger partial charge in [0, 0.05) is 28.5 Å². The monoisotopic (exact) mass is 752 g/mol. The van der Waals surface area contributed by atoms with Gasteiger partial charge in [-0.25, -0.2) is 0 Å². The van der Waals surface area contributed by atoms with Crippen LogP contribution >= 0.6 is 11.6 Å². The van der Waals surface area contributed by atoms with Gasteiger partial charge in [-0.05, 0) is 121 Å². The second-order valence-electron chi connectivity index (χ2n) is 13.5. The van der Waals surface area contributed by atoms with Gasteiger partial charge in [0.2, 0.25) is 0 Å². The molecule has 0 aliphatic rings. The Morgan fingerprint density at radius 3 is 1.05 bits per heavy atom. The summed E-state index contributed by atoms with van der Waals surface area (Å²) in [6.07, 6.45) is 3.69. The molecule has 0 unspecified atom stereocenters. The summed E-state index contributed by atoms with van der Waals surface area (Å²) in [4.78, 5) is 9.30. The van der Waals surface area contributed by atoms with E-state index in [0.29, 0.717) is 5.02 Å². The van der Waals surface area contributed by atoms with Crippen LogP contribution in [0.15, 0.2) is 213 Å². The summed E-state index contributed by atoms with van der Waals surface area (Å²) < 4.78 is 0. The van der Waals surface area contributed by atoms with Crippen LogP contribution in [-0.4, -0.2) is 9.97 Å². The minimum Gasteiger partial charge on any atom is -0.256 e. The van der Waals surface area contributed by atoms with Crippen molar-refractivity contribution in [2.24, 2.45) is 0 Å². The van der Waals surface area contributed by atoms with Crippen molar-refractivity contribution in [2.45, 2.75) is 13.8 Å². The standard InChI is InChI=1S/C52H35ClN2.C2H6/c53-42-32-40(43-19-7-9-21-45(43)47-27-25-38(51-23-11-13-29-54-51)34-49(47)36-15-3-1-4-16-36)31-41(33-42)44-20-8-10-22-46(44)48-28-26-39(52-24-12-14-30-55-52)35-50(48)37-17-5-2-6-18-37;1-2/h1-35H;1-2H3. The summed E-state index contributed by atoms with van der Waals surface area (Å²) in [5, 5.41) is 0.680. The molecule has 0 N–H and O–H groups in total. The molecule has 0 aliphatic heterocycles. The molecule has 274 valence electrons. The van der Waals surface area contributed by atoms with Crippen LogP contribution in [0.1, 0.15) is 13.8 Å². The molecule has 57 heavy (non-hydrogen) atoms. The van der Waals surface area contributed by atoms with E-state index in [4.69, 9.17) is 11.6 Å². The van der Waals surface area contributed by atoms with Crippen molar-refractivity contribution in [2.75, 3.05) is 0 Å². The molecule has 2 heterocycles. The van der Waals surface area contributed by atoms with E-state index in [2.05, 4.69) is 186 Å². The summed E-state index contributed by atoms with van der Waals surface area (Å²) >= 11 is 7.06. The summed E-state index contributed by atoms with van der Waals surface area (Å²) in [6.45, 7) is 4.00. The minimum absolute atomic E-state index is 0.680. The van der Waals surface area contributed by atoms with Crippen molar-refractivity contribution in [1.82, 2.24) is 9.97 Å². The van der Waals surface area contributed by atoms with E-state index >= 15 is 0 Å². The summed E-state index contributed by atoms with van der Waals surface area (Å²) in [5.41, 5.74) is 17.5. The van der Waals surface area contributed by atoms with E-state index in [1.165, 1.54) is 0 Å². The van der Waals surface area contributed by atoms with Gasteiger partial charge in [-0.15, -0.1) is 0 Å². The largest absolute Gasteiger partial charge is 0.256 e. The molecule has 7 aromatic carbocycles. The number of rotatable bonds is 8. The summed E-state index contributed by atoms with van der Waals surface area (Å²) in [5.74, 6) is 0. The number of aromatic nitrogens is 2. The molecule has 0 atom stereocenters. The van der Waals surface area contributed by atoms with Gasteiger partial charge in [0.15, 0.2) is 0 Å². The fourth-order valence-corrected chi connectivity index (χ4v) is 7.73. The second kappa shape index (κ2) is 17.3. The minimum atomic E-state index is 0.680. The third kappa shape index (κ3) is 7.95. The molecule has 2 aromatic heterocycles. The van der Waals surface area contributed by atoms with Gasteiger partial charge in [-0.3, -0.25) is 9.97 Å². The van der Waals surface area contributed by atoms with E-state index in [-0.39, 0.29) is 0 Å². The van der Waals surface area contributed by atoms with Gasteiger partial charge in [0.25, 0.3) is 0 Å². The zero-order valence-corrected chi connectivity index (χ0v) is 32.7. The Balaban J connectivity index is 0.00000224. The lowest BCUT2D eigenvalue weighted by molar-refractivity contribution is 1.33. The van der Waals surface area contributed by atoms with Crippen LogP contribution in [0, 0.1) is 0 Å². The highest BCUT2D eigenvalue weighted by molar-refractivity contribution is 6.31. The van der Waals surface area contributed by atoms with E-state index < -0.39 is 0 Å². The number of hydrogen-bond acceptors (Lipinski definition) is 2. The quantitative estimate of drug-likeness (QED) is 0.154. The first kappa shape index (κ1) is 37.1. The maximum absolute atomic E-state index is 7.06. The lowest BCUT2D eigenvalue weighted by Gasteiger charge is -2.18. The summed E-state index contributed by atoms with van der Waals surface area (Å²) in [7, 11) is 0. The van der Waals surface area contributed by atoms with Crippen LogP contribution < -0.4 is 0 Å². The number of pyridine rings is 2. The van der Waals surface area contributed by atoms with Gasteiger partial charge in [0.1, 0.15) is 0 Å². The van der Waals surface area contributed by atoms with Crippen molar-refractivity contribution < 1.29 is 0 Å². The Bertz CT molecular complexity index is 2560. The van der Waals surface area contributed by atoms with Crippen molar-refractivity contribution >= 4 is 11.6 Å². The first-order chi connectivity index (χ1) is 28.2. The van der Waals surface area contributed by atoms with E-state index in [9.17, 15) is 0 Å². The van der Waals surface area contributed by atoms with E-state index in [0.717, 1.165) is 89.3 Å². The van der Waals surface area contributed by atoms with Gasteiger partial charge in [-0.2, -0.15) is 0 Å². The van der Waals surface area contributed by atoms with Crippen molar-refractivity contribution in [3.8, 4) is 89.3 Å². The highest BCUT2D eigenvalue weighted by atomic mass is 35.5. The van der Waals surface area contributed by atoms with Gasteiger partial charge < -0.3 is 0 Å². The van der Waals surface area contributed by atoms with Crippen LogP contribution in [-0.2, 0) is 0 Å². The number of hydrogen-bond donors (Lipinski definition) is 0. The van der Waals surface area contributed by atoms with Gasteiger partial charge in [-0.1, -0.05) is 171 Å². The average Bonchev–Trinajstić information content (AvgIpc) is 3.30.